The number of nitrogens with zero attached hydrogens (tertiary/aromatic N) is 2. The zero-order valence-corrected chi connectivity index (χ0v) is 12.7. The normalized spacial score (nSPS) is 25.3. The maximum absolute atomic E-state index is 4.72. The zero-order valence-electron chi connectivity index (χ0n) is 12.7. The van der Waals surface area contributed by atoms with Crippen LogP contribution in [0.3, 0.4) is 0 Å². The van der Waals surface area contributed by atoms with E-state index in [0.29, 0.717) is 5.41 Å². The minimum atomic E-state index is 0.492. The Kier molecular flexibility index (Phi) is 3.11. The monoisotopic (exact) mass is 281 g/mol. The van der Waals surface area contributed by atoms with E-state index >= 15 is 0 Å². The largest absolute Gasteiger partial charge is 0.355 e. The summed E-state index contributed by atoms with van der Waals surface area (Å²) in [6, 6.07) is 8.93. The molecule has 110 valence electrons. The van der Waals surface area contributed by atoms with Crippen molar-refractivity contribution in [3.05, 3.63) is 36.0 Å². The number of nitrogens with one attached hydrogen (secondary N) is 1. The van der Waals surface area contributed by atoms with E-state index in [2.05, 4.69) is 41.4 Å². The summed E-state index contributed by atoms with van der Waals surface area (Å²) in [7, 11) is 0. The van der Waals surface area contributed by atoms with Gasteiger partial charge in [0.1, 0.15) is 5.82 Å². The van der Waals surface area contributed by atoms with E-state index in [1.807, 2.05) is 6.20 Å². The third kappa shape index (κ3) is 2.20. The fourth-order valence-electron chi connectivity index (χ4n) is 3.93. The topological polar surface area (TPSA) is 28.2 Å². The molecule has 1 aromatic carbocycles. The molecule has 2 fully saturated rings. The summed E-state index contributed by atoms with van der Waals surface area (Å²) in [5.74, 6) is 1.19. The van der Waals surface area contributed by atoms with Crippen LogP contribution in [0.2, 0.25) is 0 Å². The zero-order chi connectivity index (χ0) is 14.3. The number of hydrogen-bond acceptors (Lipinski definition) is 3. The summed E-state index contributed by atoms with van der Waals surface area (Å²) >= 11 is 0. The van der Waals surface area contributed by atoms with Gasteiger partial charge in [-0.15, -0.1) is 0 Å². The molecule has 21 heavy (non-hydrogen) atoms. The summed E-state index contributed by atoms with van der Waals surface area (Å²) in [6.45, 7) is 6.87. The molecule has 1 N–H and O–H groups in total. The standard InChI is InChI=1S/C18H23N3/c1-2-14-3-4-15-5-8-20-17(16(15)11-14)21-10-7-18(13-21)6-9-19-12-18/h3-5,8,11,19H,2,6-7,9-10,12-13H2,1H3. The predicted molar refractivity (Wildman–Crippen MR) is 87.9 cm³/mol. The van der Waals surface area contributed by atoms with Gasteiger partial charge in [0, 0.05) is 36.6 Å². The van der Waals surface area contributed by atoms with Crippen LogP contribution in [0.25, 0.3) is 10.8 Å². The van der Waals surface area contributed by atoms with Gasteiger partial charge in [0.2, 0.25) is 0 Å². The Bertz CT molecular complexity index is 659. The highest BCUT2D eigenvalue weighted by atomic mass is 15.2. The molecule has 3 nitrogen and oxygen atoms in total. The number of rotatable bonds is 2. The van der Waals surface area contributed by atoms with Crippen LogP contribution in [-0.2, 0) is 6.42 Å². The smallest absolute Gasteiger partial charge is 0.136 e. The Hall–Kier alpha value is -1.61. The first-order chi connectivity index (χ1) is 10.3. The van der Waals surface area contributed by atoms with Gasteiger partial charge >= 0.3 is 0 Å². The molecule has 1 atom stereocenters. The highest BCUT2D eigenvalue weighted by molar-refractivity contribution is 5.92. The van der Waals surface area contributed by atoms with Crippen molar-refractivity contribution in [3.63, 3.8) is 0 Å². The first kappa shape index (κ1) is 13.1. The second-order valence-corrected chi connectivity index (χ2v) is 6.64. The minimum Gasteiger partial charge on any atom is -0.355 e. The third-order valence-electron chi connectivity index (χ3n) is 5.29. The number of benzene rings is 1. The van der Waals surface area contributed by atoms with Crippen LogP contribution in [-0.4, -0.2) is 31.2 Å². The van der Waals surface area contributed by atoms with Crippen LogP contribution in [0.1, 0.15) is 25.3 Å². The Morgan fingerprint density at radius 1 is 1.29 bits per heavy atom. The van der Waals surface area contributed by atoms with Crippen LogP contribution in [0.15, 0.2) is 30.5 Å². The number of aromatic nitrogens is 1. The lowest BCUT2D eigenvalue weighted by atomic mass is 9.86. The molecule has 0 saturated carbocycles. The Morgan fingerprint density at radius 2 is 2.24 bits per heavy atom. The van der Waals surface area contributed by atoms with Crippen molar-refractivity contribution in [1.82, 2.24) is 10.3 Å². The highest BCUT2D eigenvalue weighted by Crippen LogP contribution is 2.39. The van der Waals surface area contributed by atoms with E-state index in [0.717, 1.165) is 19.5 Å². The van der Waals surface area contributed by atoms with Gasteiger partial charge in [0.15, 0.2) is 0 Å². The van der Waals surface area contributed by atoms with Crippen LogP contribution >= 0.6 is 0 Å². The fourth-order valence-corrected chi connectivity index (χ4v) is 3.93. The lowest BCUT2D eigenvalue weighted by Crippen LogP contribution is -2.29. The van der Waals surface area contributed by atoms with Crippen molar-refractivity contribution in [1.29, 1.82) is 0 Å². The fraction of sp³-hybridized carbons (Fsp3) is 0.500. The Balaban J connectivity index is 1.73. The lowest BCUT2D eigenvalue weighted by molar-refractivity contribution is 0.369. The van der Waals surface area contributed by atoms with Crippen molar-refractivity contribution < 1.29 is 0 Å². The second kappa shape index (κ2) is 4.99. The molecule has 0 aliphatic carbocycles. The van der Waals surface area contributed by atoms with E-state index in [9.17, 15) is 0 Å². The first-order valence-corrected chi connectivity index (χ1v) is 8.13. The molecular weight excluding hydrogens is 258 g/mol. The van der Waals surface area contributed by atoms with Gasteiger partial charge in [-0.2, -0.15) is 0 Å². The summed E-state index contributed by atoms with van der Waals surface area (Å²) in [4.78, 5) is 7.23. The highest BCUT2D eigenvalue weighted by Gasteiger charge is 2.40. The lowest BCUT2D eigenvalue weighted by Gasteiger charge is -2.24. The van der Waals surface area contributed by atoms with Gasteiger partial charge in [-0.1, -0.05) is 19.1 Å². The average Bonchev–Trinajstić information content (AvgIpc) is 3.16. The van der Waals surface area contributed by atoms with E-state index in [4.69, 9.17) is 4.98 Å². The quantitative estimate of drug-likeness (QED) is 0.917. The molecule has 3 heteroatoms. The van der Waals surface area contributed by atoms with Gasteiger partial charge in [-0.05, 0) is 48.9 Å². The van der Waals surface area contributed by atoms with Crippen molar-refractivity contribution >= 4 is 16.6 Å². The number of fused-ring (bicyclic) bond motifs is 1. The summed E-state index contributed by atoms with van der Waals surface area (Å²) < 4.78 is 0. The van der Waals surface area contributed by atoms with Gasteiger partial charge < -0.3 is 10.2 Å². The van der Waals surface area contributed by atoms with Crippen molar-refractivity contribution in [2.24, 2.45) is 5.41 Å². The molecule has 1 unspecified atom stereocenters. The van der Waals surface area contributed by atoms with Gasteiger partial charge in [-0.3, -0.25) is 0 Å². The molecule has 4 rings (SSSR count). The maximum Gasteiger partial charge on any atom is 0.136 e. The molecule has 0 bridgehead atoms. The first-order valence-electron chi connectivity index (χ1n) is 8.13. The molecule has 1 spiro atoms. The van der Waals surface area contributed by atoms with Crippen molar-refractivity contribution in [2.75, 3.05) is 31.1 Å². The average molecular weight is 281 g/mol. The van der Waals surface area contributed by atoms with Crippen LogP contribution in [0, 0.1) is 5.41 Å². The summed E-state index contributed by atoms with van der Waals surface area (Å²) in [5.41, 5.74) is 1.89. The molecule has 2 aromatic rings. The van der Waals surface area contributed by atoms with E-state index in [1.54, 1.807) is 0 Å². The molecule has 2 aliphatic rings. The molecule has 1 aromatic heterocycles. The molecule has 0 amide bonds. The van der Waals surface area contributed by atoms with Crippen LogP contribution < -0.4 is 10.2 Å². The SMILES string of the molecule is CCc1ccc2ccnc(N3CCC4(CCNC4)C3)c2c1. The Labute approximate surface area is 126 Å². The van der Waals surface area contributed by atoms with Crippen molar-refractivity contribution in [2.45, 2.75) is 26.2 Å². The number of anilines is 1. The van der Waals surface area contributed by atoms with Gasteiger partial charge in [0.25, 0.3) is 0 Å². The van der Waals surface area contributed by atoms with E-state index < -0.39 is 0 Å². The van der Waals surface area contributed by atoms with E-state index in [-0.39, 0.29) is 0 Å². The molecule has 2 aliphatic heterocycles. The maximum atomic E-state index is 4.72. The number of aryl methyl sites for hydroxylation is 1. The minimum absolute atomic E-state index is 0.492. The second-order valence-electron chi connectivity index (χ2n) is 6.64. The number of hydrogen-bond donors (Lipinski definition) is 1. The predicted octanol–water partition coefficient (Wildman–Crippen LogP) is 2.99. The van der Waals surface area contributed by atoms with Gasteiger partial charge in [-0.25, -0.2) is 4.98 Å². The van der Waals surface area contributed by atoms with E-state index in [1.165, 1.54) is 48.1 Å². The molecule has 3 heterocycles. The molecule has 0 radical (unpaired) electrons. The summed E-state index contributed by atoms with van der Waals surface area (Å²) in [5, 5.41) is 6.16. The van der Waals surface area contributed by atoms with Gasteiger partial charge in [0.05, 0.1) is 0 Å². The molecule has 2 saturated heterocycles. The van der Waals surface area contributed by atoms with Crippen molar-refractivity contribution in [3.8, 4) is 0 Å². The number of pyridine rings is 1. The molecular formula is C18H23N3. The van der Waals surface area contributed by atoms with Crippen LogP contribution in [0.4, 0.5) is 5.82 Å². The van der Waals surface area contributed by atoms with Crippen LogP contribution in [0.5, 0.6) is 0 Å². The third-order valence-corrected chi connectivity index (χ3v) is 5.29. The Morgan fingerprint density at radius 3 is 3.05 bits per heavy atom. The summed E-state index contributed by atoms with van der Waals surface area (Å²) in [6.07, 6.45) is 5.65.